The SMILES string of the molecule is Cc1nn2c(-c3ccc(O)cc3)cc(-c3ccc(N(C)C)cc3)nc2c1-c1ccc(F)cc1F.[KH]. The van der Waals surface area contributed by atoms with Gasteiger partial charge < -0.3 is 10.0 Å². The third-order valence-corrected chi connectivity index (χ3v) is 5.81. The normalized spacial score (nSPS) is 10.9. The van der Waals surface area contributed by atoms with Crippen LogP contribution in [0.25, 0.3) is 39.3 Å². The second kappa shape index (κ2) is 10.2. The molecular formula is C27H23F2KN4O. The van der Waals surface area contributed by atoms with Gasteiger partial charge in [-0.05, 0) is 61.5 Å². The molecule has 0 atom stereocenters. The summed E-state index contributed by atoms with van der Waals surface area (Å²) in [5, 5.41) is 14.4. The predicted molar refractivity (Wildman–Crippen MR) is 137 cm³/mol. The van der Waals surface area contributed by atoms with Gasteiger partial charge >= 0.3 is 51.4 Å². The fourth-order valence-corrected chi connectivity index (χ4v) is 4.05. The van der Waals surface area contributed by atoms with Crippen molar-refractivity contribution >= 4 is 62.7 Å². The van der Waals surface area contributed by atoms with Crippen LogP contribution in [0.5, 0.6) is 5.75 Å². The van der Waals surface area contributed by atoms with E-state index in [1.807, 2.05) is 49.3 Å². The van der Waals surface area contributed by atoms with Crippen LogP contribution in [0.3, 0.4) is 0 Å². The number of hydrogen-bond donors (Lipinski definition) is 1. The molecule has 172 valence electrons. The molecule has 5 aromatic rings. The molecular weight excluding hydrogens is 473 g/mol. The number of halogens is 2. The Kier molecular flexibility index (Phi) is 7.39. The third kappa shape index (κ3) is 4.89. The van der Waals surface area contributed by atoms with E-state index in [4.69, 9.17) is 4.98 Å². The molecule has 3 aromatic carbocycles. The minimum absolute atomic E-state index is 0. The summed E-state index contributed by atoms with van der Waals surface area (Å²) in [4.78, 5) is 6.87. The van der Waals surface area contributed by atoms with Crippen molar-refractivity contribution in [1.82, 2.24) is 14.6 Å². The fourth-order valence-electron chi connectivity index (χ4n) is 4.05. The van der Waals surface area contributed by atoms with Gasteiger partial charge in [0.1, 0.15) is 17.4 Å². The van der Waals surface area contributed by atoms with Gasteiger partial charge in [0.2, 0.25) is 0 Å². The molecule has 0 aliphatic heterocycles. The Bertz CT molecular complexity index is 1510. The predicted octanol–water partition coefficient (Wildman–Crippen LogP) is 5.44. The number of fused-ring (bicyclic) bond motifs is 1. The van der Waals surface area contributed by atoms with E-state index in [2.05, 4.69) is 5.10 Å². The van der Waals surface area contributed by atoms with E-state index >= 15 is 0 Å². The number of aromatic hydroxyl groups is 1. The molecule has 0 unspecified atom stereocenters. The van der Waals surface area contributed by atoms with Crippen molar-refractivity contribution in [1.29, 1.82) is 0 Å². The quantitative estimate of drug-likeness (QED) is 0.337. The summed E-state index contributed by atoms with van der Waals surface area (Å²) in [7, 11) is 3.95. The van der Waals surface area contributed by atoms with Crippen molar-refractivity contribution in [3.63, 3.8) is 0 Å². The van der Waals surface area contributed by atoms with Crippen LogP contribution in [0.2, 0.25) is 0 Å². The molecule has 0 spiro atoms. The molecule has 0 amide bonds. The number of benzene rings is 3. The average molecular weight is 497 g/mol. The van der Waals surface area contributed by atoms with Crippen LogP contribution in [0, 0.1) is 18.6 Å². The summed E-state index contributed by atoms with van der Waals surface area (Å²) in [6, 6.07) is 20.2. The second-order valence-corrected chi connectivity index (χ2v) is 8.33. The van der Waals surface area contributed by atoms with Gasteiger partial charge in [0.25, 0.3) is 0 Å². The molecule has 0 radical (unpaired) electrons. The number of phenolic OH excluding ortho intramolecular Hbond substituents is 1. The number of hydrogen-bond acceptors (Lipinski definition) is 4. The van der Waals surface area contributed by atoms with Crippen LogP contribution in [0.15, 0.2) is 72.8 Å². The molecule has 1 N–H and O–H groups in total. The Labute approximate surface area is 244 Å². The summed E-state index contributed by atoms with van der Waals surface area (Å²) in [6.07, 6.45) is 0. The Morgan fingerprint density at radius 1 is 0.857 bits per heavy atom. The first-order valence-corrected chi connectivity index (χ1v) is 10.7. The number of aromatic nitrogens is 3. The zero-order chi connectivity index (χ0) is 24.0. The zero-order valence-electron chi connectivity index (χ0n) is 18.9. The van der Waals surface area contributed by atoms with Gasteiger partial charge in [-0.3, -0.25) is 0 Å². The van der Waals surface area contributed by atoms with E-state index in [9.17, 15) is 13.9 Å². The van der Waals surface area contributed by atoms with E-state index in [1.54, 1.807) is 35.7 Å². The van der Waals surface area contributed by atoms with Crippen molar-refractivity contribution in [2.45, 2.75) is 6.92 Å². The summed E-state index contributed by atoms with van der Waals surface area (Å²) >= 11 is 0. The molecule has 2 aromatic heterocycles. The standard InChI is InChI=1S/C27H22F2N4O.K.H/c1-16-26(22-13-8-19(28)14-23(22)29)27-30-24(17-4-9-20(10-5-17)32(2)3)15-25(33(27)31-16)18-6-11-21(34)12-7-18;;/h4-15,34H,1-3H3;;. The summed E-state index contributed by atoms with van der Waals surface area (Å²) in [5.74, 6) is -1.17. The number of nitrogens with zero attached hydrogens (tertiary/aromatic N) is 4. The van der Waals surface area contributed by atoms with Crippen LogP contribution < -0.4 is 4.90 Å². The van der Waals surface area contributed by atoms with Crippen molar-refractivity contribution in [3.05, 3.63) is 90.1 Å². The van der Waals surface area contributed by atoms with Crippen molar-refractivity contribution in [2.24, 2.45) is 0 Å². The topological polar surface area (TPSA) is 53.7 Å². The molecule has 8 heteroatoms. The third-order valence-electron chi connectivity index (χ3n) is 5.81. The summed E-state index contributed by atoms with van der Waals surface area (Å²) < 4.78 is 30.1. The van der Waals surface area contributed by atoms with Crippen molar-refractivity contribution < 1.29 is 13.9 Å². The van der Waals surface area contributed by atoms with E-state index in [1.165, 1.54) is 12.1 Å². The number of rotatable bonds is 4. The Balaban J connectivity index is 0.00000289. The fraction of sp³-hybridized carbons (Fsp3) is 0.111. The van der Waals surface area contributed by atoms with Gasteiger partial charge in [0.05, 0.1) is 22.6 Å². The summed E-state index contributed by atoms with van der Waals surface area (Å²) in [6.45, 7) is 1.78. The van der Waals surface area contributed by atoms with Crippen LogP contribution in [-0.2, 0) is 0 Å². The van der Waals surface area contributed by atoms with Gasteiger partial charge in [-0.25, -0.2) is 18.3 Å². The molecule has 0 fully saturated rings. The van der Waals surface area contributed by atoms with E-state index in [-0.39, 0.29) is 62.7 Å². The molecule has 2 heterocycles. The minimum atomic E-state index is -0.674. The Morgan fingerprint density at radius 3 is 2.14 bits per heavy atom. The zero-order valence-corrected chi connectivity index (χ0v) is 18.9. The van der Waals surface area contributed by atoms with Crippen molar-refractivity contribution in [3.8, 4) is 39.4 Å². The first-order chi connectivity index (χ1) is 16.3. The maximum absolute atomic E-state index is 14.8. The number of aryl methyl sites for hydroxylation is 1. The first kappa shape index (κ1) is 25.5. The number of anilines is 1. The second-order valence-electron chi connectivity index (χ2n) is 8.33. The van der Waals surface area contributed by atoms with Gasteiger partial charge in [-0.1, -0.05) is 12.1 Å². The Hall–Kier alpha value is -2.62. The molecule has 0 aliphatic rings. The van der Waals surface area contributed by atoms with Gasteiger partial charge in [-0.2, -0.15) is 5.10 Å². The van der Waals surface area contributed by atoms with Crippen molar-refractivity contribution in [2.75, 3.05) is 19.0 Å². The maximum atomic E-state index is 14.8. The van der Waals surface area contributed by atoms with Crippen LogP contribution in [0.4, 0.5) is 14.5 Å². The molecule has 0 aliphatic carbocycles. The first-order valence-electron chi connectivity index (χ1n) is 10.7. The van der Waals surface area contributed by atoms with Gasteiger partial charge in [0.15, 0.2) is 5.65 Å². The molecule has 35 heavy (non-hydrogen) atoms. The monoisotopic (exact) mass is 496 g/mol. The molecule has 0 bridgehead atoms. The van der Waals surface area contributed by atoms with Gasteiger partial charge in [0, 0.05) is 42.5 Å². The van der Waals surface area contributed by atoms with E-state index in [0.29, 0.717) is 22.6 Å². The number of phenols is 1. The summed E-state index contributed by atoms with van der Waals surface area (Å²) in [5.41, 5.74) is 5.93. The molecule has 5 nitrogen and oxygen atoms in total. The Morgan fingerprint density at radius 2 is 1.51 bits per heavy atom. The van der Waals surface area contributed by atoms with E-state index < -0.39 is 11.6 Å². The van der Waals surface area contributed by atoms with Crippen LogP contribution >= 0.6 is 0 Å². The average Bonchev–Trinajstić information content (AvgIpc) is 3.15. The van der Waals surface area contributed by atoms with E-state index in [0.717, 1.165) is 28.6 Å². The molecule has 0 saturated heterocycles. The molecule has 0 saturated carbocycles. The molecule has 5 rings (SSSR count). The van der Waals surface area contributed by atoms with Crippen LogP contribution in [0.1, 0.15) is 5.69 Å². The van der Waals surface area contributed by atoms with Crippen LogP contribution in [-0.4, -0.2) is 85.2 Å². The van der Waals surface area contributed by atoms with Gasteiger partial charge in [-0.15, -0.1) is 0 Å².